The molecule has 1 aliphatic heterocycles. The van der Waals surface area contributed by atoms with Crippen molar-refractivity contribution in [2.24, 2.45) is 0 Å². The molecule has 0 aliphatic carbocycles. The lowest BCUT2D eigenvalue weighted by molar-refractivity contribution is 0.0749. The van der Waals surface area contributed by atoms with Crippen LogP contribution in [0.2, 0.25) is 0 Å². The van der Waals surface area contributed by atoms with Crippen LogP contribution in [-0.4, -0.2) is 42.4 Å². The van der Waals surface area contributed by atoms with Crippen molar-refractivity contribution in [1.82, 2.24) is 4.90 Å². The standard InChI is InChI=1S/C15H23NO2/c1-12-14(9-11-18-12)16(2)10-8-15(17)13-6-4-3-5-7-13/h3-7,12,14-15,17H,8-11H2,1-2H3/t12?,14?,15-/m1/s1. The molecule has 3 heteroatoms. The van der Waals surface area contributed by atoms with Crippen molar-refractivity contribution in [2.45, 2.75) is 38.0 Å². The Morgan fingerprint density at radius 2 is 2.11 bits per heavy atom. The van der Waals surface area contributed by atoms with E-state index in [1.165, 1.54) is 0 Å². The van der Waals surface area contributed by atoms with Crippen LogP contribution >= 0.6 is 0 Å². The molecule has 1 aromatic rings. The summed E-state index contributed by atoms with van der Waals surface area (Å²) in [5.74, 6) is 0. The zero-order chi connectivity index (χ0) is 13.0. The van der Waals surface area contributed by atoms with Gasteiger partial charge in [0.1, 0.15) is 0 Å². The third kappa shape index (κ3) is 3.31. The van der Waals surface area contributed by atoms with Gasteiger partial charge in [-0.15, -0.1) is 0 Å². The fourth-order valence-corrected chi connectivity index (χ4v) is 2.63. The van der Waals surface area contributed by atoms with E-state index in [0.29, 0.717) is 12.1 Å². The van der Waals surface area contributed by atoms with Gasteiger partial charge in [0.2, 0.25) is 0 Å². The van der Waals surface area contributed by atoms with E-state index in [1.54, 1.807) is 0 Å². The van der Waals surface area contributed by atoms with Crippen LogP contribution in [-0.2, 0) is 4.74 Å². The van der Waals surface area contributed by atoms with Gasteiger partial charge < -0.3 is 14.7 Å². The van der Waals surface area contributed by atoms with Crippen LogP contribution in [0.1, 0.15) is 31.4 Å². The molecule has 1 aliphatic rings. The SMILES string of the molecule is CC1OCCC1N(C)CC[C@@H](O)c1ccccc1. The minimum absolute atomic E-state index is 0.309. The molecule has 2 rings (SSSR count). The molecule has 0 saturated carbocycles. The first-order valence-electron chi connectivity index (χ1n) is 6.73. The number of aliphatic hydroxyl groups excluding tert-OH is 1. The molecule has 0 aromatic heterocycles. The minimum Gasteiger partial charge on any atom is -0.388 e. The molecular formula is C15H23NO2. The maximum absolute atomic E-state index is 10.1. The average Bonchev–Trinajstić information content (AvgIpc) is 2.83. The van der Waals surface area contributed by atoms with Gasteiger partial charge in [0.05, 0.1) is 12.2 Å². The zero-order valence-electron chi connectivity index (χ0n) is 11.2. The Labute approximate surface area is 109 Å². The number of hydrogen-bond acceptors (Lipinski definition) is 3. The van der Waals surface area contributed by atoms with Gasteiger partial charge in [0, 0.05) is 19.2 Å². The number of aliphatic hydroxyl groups is 1. The maximum atomic E-state index is 10.1. The topological polar surface area (TPSA) is 32.7 Å². The van der Waals surface area contributed by atoms with E-state index in [2.05, 4.69) is 18.9 Å². The Morgan fingerprint density at radius 3 is 2.72 bits per heavy atom. The van der Waals surface area contributed by atoms with E-state index in [9.17, 15) is 5.11 Å². The van der Waals surface area contributed by atoms with E-state index in [1.807, 2.05) is 30.3 Å². The second-order valence-electron chi connectivity index (χ2n) is 5.13. The first kappa shape index (κ1) is 13.5. The largest absolute Gasteiger partial charge is 0.388 e. The minimum atomic E-state index is -0.369. The molecule has 1 fully saturated rings. The summed E-state index contributed by atoms with van der Waals surface area (Å²) in [5.41, 5.74) is 1.00. The Hall–Kier alpha value is -0.900. The van der Waals surface area contributed by atoms with E-state index in [4.69, 9.17) is 4.74 Å². The number of ether oxygens (including phenoxy) is 1. The summed E-state index contributed by atoms with van der Waals surface area (Å²) in [6.07, 6.45) is 1.80. The molecule has 3 atom stereocenters. The van der Waals surface area contributed by atoms with Gasteiger partial charge >= 0.3 is 0 Å². The van der Waals surface area contributed by atoms with Crippen molar-refractivity contribution >= 4 is 0 Å². The highest BCUT2D eigenvalue weighted by Gasteiger charge is 2.27. The van der Waals surface area contributed by atoms with Gasteiger partial charge in [-0.3, -0.25) is 0 Å². The van der Waals surface area contributed by atoms with Crippen LogP contribution in [0.5, 0.6) is 0 Å². The molecule has 0 amide bonds. The van der Waals surface area contributed by atoms with E-state index < -0.39 is 0 Å². The van der Waals surface area contributed by atoms with Crippen LogP contribution in [0.3, 0.4) is 0 Å². The van der Waals surface area contributed by atoms with Gasteiger partial charge in [0.25, 0.3) is 0 Å². The first-order chi connectivity index (χ1) is 8.68. The maximum Gasteiger partial charge on any atom is 0.0802 e. The Morgan fingerprint density at radius 1 is 1.39 bits per heavy atom. The van der Waals surface area contributed by atoms with Gasteiger partial charge in [-0.05, 0) is 32.4 Å². The third-order valence-electron chi connectivity index (χ3n) is 3.84. The highest BCUT2D eigenvalue weighted by molar-refractivity contribution is 5.17. The lowest BCUT2D eigenvalue weighted by Gasteiger charge is -2.27. The predicted molar refractivity (Wildman–Crippen MR) is 72.5 cm³/mol. The van der Waals surface area contributed by atoms with E-state index in [0.717, 1.165) is 31.6 Å². The summed E-state index contributed by atoms with van der Waals surface area (Å²) in [6.45, 7) is 3.88. The van der Waals surface area contributed by atoms with Crippen LogP contribution in [0.15, 0.2) is 30.3 Å². The monoisotopic (exact) mass is 249 g/mol. The molecule has 1 N–H and O–H groups in total. The highest BCUT2D eigenvalue weighted by Crippen LogP contribution is 2.21. The zero-order valence-corrected chi connectivity index (χ0v) is 11.2. The van der Waals surface area contributed by atoms with Crippen molar-refractivity contribution in [3.05, 3.63) is 35.9 Å². The number of likely N-dealkylation sites (N-methyl/N-ethyl adjacent to an activating group) is 1. The lowest BCUT2D eigenvalue weighted by Crippen LogP contribution is -2.37. The van der Waals surface area contributed by atoms with E-state index in [-0.39, 0.29) is 6.10 Å². The molecule has 18 heavy (non-hydrogen) atoms. The summed E-state index contributed by atoms with van der Waals surface area (Å²) in [6, 6.07) is 10.4. The van der Waals surface area contributed by atoms with Crippen LogP contribution in [0.4, 0.5) is 0 Å². The predicted octanol–water partition coefficient (Wildman–Crippen LogP) is 2.22. The van der Waals surface area contributed by atoms with Crippen molar-refractivity contribution in [2.75, 3.05) is 20.2 Å². The van der Waals surface area contributed by atoms with Crippen LogP contribution in [0.25, 0.3) is 0 Å². The second-order valence-corrected chi connectivity index (χ2v) is 5.13. The van der Waals surface area contributed by atoms with Crippen molar-refractivity contribution in [1.29, 1.82) is 0 Å². The normalized spacial score (nSPS) is 25.6. The molecule has 1 heterocycles. The summed E-state index contributed by atoms with van der Waals surface area (Å²) < 4.78 is 5.57. The summed E-state index contributed by atoms with van der Waals surface area (Å²) >= 11 is 0. The van der Waals surface area contributed by atoms with Crippen molar-refractivity contribution in [3.8, 4) is 0 Å². The smallest absolute Gasteiger partial charge is 0.0802 e. The molecule has 3 nitrogen and oxygen atoms in total. The van der Waals surface area contributed by atoms with E-state index >= 15 is 0 Å². The van der Waals surface area contributed by atoms with Crippen molar-refractivity contribution in [3.63, 3.8) is 0 Å². The third-order valence-corrected chi connectivity index (χ3v) is 3.84. The van der Waals surface area contributed by atoms with Crippen molar-refractivity contribution < 1.29 is 9.84 Å². The quantitative estimate of drug-likeness (QED) is 0.868. The lowest BCUT2D eigenvalue weighted by atomic mass is 10.1. The second kappa shape index (κ2) is 6.32. The fraction of sp³-hybridized carbons (Fsp3) is 0.600. The van der Waals surface area contributed by atoms with Gasteiger partial charge in [-0.2, -0.15) is 0 Å². The Kier molecular flexibility index (Phi) is 4.75. The summed E-state index contributed by atoms with van der Waals surface area (Å²) in [7, 11) is 2.12. The number of nitrogens with zero attached hydrogens (tertiary/aromatic N) is 1. The van der Waals surface area contributed by atoms with Gasteiger partial charge in [-0.1, -0.05) is 30.3 Å². The first-order valence-corrected chi connectivity index (χ1v) is 6.73. The Bertz CT molecular complexity index is 355. The molecular weight excluding hydrogens is 226 g/mol. The molecule has 0 radical (unpaired) electrons. The molecule has 1 saturated heterocycles. The average molecular weight is 249 g/mol. The Balaban J connectivity index is 1.80. The fourth-order valence-electron chi connectivity index (χ4n) is 2.63. The number of hydrogen-bond donors (Lipinski definition) is 1. The highest BCUT2D eigenvalue weighted by atomic mass is 16.5. The number of benzene rings is 1. The molecule has 100 valence electrons. The molecule has 2 unspecified atom stereocenters. The molecule has 0 spiro atoms. The summed E-state index contributed by atoms with van der Waals surface area (Å²) in [4.78, 5) is 2.31. The van der Waals surface area contributed by atoms with Crippen LogP contribution in [0, 0.1) is 0 Å². The molecule has 1 aromatic carbocycles. The van der Waals surface area contributed by atoms with Crippen LogP contribution < -0.4 is 0 Å². The summed E-state index contributed by atoms with van der Waals surface area (Å²) in [5, 5.41) is 10.1. The number of rotatable bonds is 5. The van der Waals surface area contributed by atoms with Gasteiger partial charge in [0.15, 0.2) is 0 Å². The van der Waals surface area contributed by atoms with Gasteiger partial charge in [-0.25, -0.2) is 0 Å². The molecule has 0 bridgehead atoms.